The maximum Gasteiger partial charge on any atom is 0.159 e. The monoisotopic (exact) mass is 602 g/mol. The van der Waals surface area contributed by atoms with Crippen LogP contribution in [0, 0.1) is 0 Å². The topological polar surface area (TPSA) is 35.6 Å². The first-order valence-corrected chi connectivity index (χ1v) is 16.2. The predicted molar refractivity (Wildman–Crippen MR) is 194 cm³/mol. The Bertz CT molecular complexity index is 2640. The highest BCUT2D eigenvalue weighted by Gasteiger charge is 2.38. The van der Waals surface area contributed by atoms with E-state index in [0.717, 1.165) is 22.6 Å². The van der Waals surface area contributed by atoms with Crippen LogP contribution in [0.4, 0.5) is 0 Å². The average molecular weight is 603 g/mol. The van der Waals surface area contributed by atoms with Gasteiger partial charge in [-0.15, -0.1) is 0 Å². The molecule has 4 heteroatoms. The van der Waals surface area contributed by atoms with Gasteiger partial charge in [0, 0.05) is 56.3 Å². The lowest BCUT2D eigenvalue weighted by Crippen LogP contribution is -2.16. The number of benzene rings is 6. The van der Waals surface area contributed by atoms with Crippen molar-refractivity contribution in [1.29, 1.82) is 0 Å². The second-order valence-electron chi connectivity index (χ2n) is 13.1. The van der Waals surface area contributed by atoms with E-state index in [4.69, 9.17) is 0 Å². The van der Waals surface area contributed by atoms with Gasteiger partial charge in [0.25, 0.3) is 0 Å². The molecule has 0 amide bonds. The Morgan fingerprint density at radius 1 is 0.489 bits per heavy atom. The molecule has 0 saturated heterocycles. The zero-order chi connectivity index (χ0) is 31.3. The highest BCUT2D eigenvalue weighted by Crippen LogP contribution is 2.54. The Morgan fingerprint density at radius 3 is 1.89 bits per heavy atom. The molecule has 1 aliphatic carbocycles. The number of aromatic nitrogens is 4. The van der Waals surface area contributed by atoms with E-state index in [1.165, 1.54) is 66.0 Å². The third kappa shape index (κ3) is 3.58. The van der Waals surface area contributed by atoms with E-state index in [-0.39, 0.29) is 5.41 Å². The van der Waals surface area contributed by atoms with Crippen molar-refractivity contribution in [1.82, 2.24) is 19.1 Å². The largest absolute Gasteiger partial charge is 0.309 e. The van der Waals surface area contributed by atoms with Crippen molar-refractivity contribution in [3.8, 4) is 33.9 Å². The zero-order valence-electron chi connectivity index (χ0n) is 26.1. The molecule has 9 aromatic rings. The molecule has 0 unspecified atom stereocenters. The Labute approximate surface area is 272 Å². The lowest BCUT2D eigenvalue weighted by molar-refractivity contribution is 0.666. The molecule has 0 aliphatic heterocycles. The molecule has 4 nitrogen and oxygen atoms in total. The van der Waals surface area contributed by atoms with Crippen molar-refractivity contribution in [2.24, 2.45) is 0 Å². The fourth-order valence-electron chi connectivity index (χ4n) is 8.18. The first-order chi connectivity index (χ1) is 23.1. The van der Waals surface area contributed by atoms with Gasteiger partial charge in [-0.2, -0.15) is 0 Å². The standard InChI is InChI=1S/C43H30N4/c1-43(2)35-26-29(47-36-15-8-6-13-31(36)32-14-7-9-16-37(32)47)18-20-30(35)33-21-22-38-40(41(33)43)34-19-17-27(42-44-23-10-24-45-42)25-39(34)46(38)28-11-4-3-5-12-28/h3-26H,1-2H3. The van der Waals surface area contributed by atoms with Crippen LogP contribution < -0.4 is 0 Å². The SMILES string of the molecule is CC1(C)c2cc(-n3c4ccccc4c4ccccc43)ccc2-c2ccc3c(c21)c1ccc(-c2ncccn2)cc1n3-c1ccccc1. The van der Waals surface area contributed by atoms with Gasteiger partial charge in [-0.05, 0) is 76.9 Å². The van der Waals surface area contributed by atoms with Crippen LogP contribution in [0.3, 0.4) is 0 Å². The predicted octanol–water partition coefficient (Wildman–Crippen LogP) is 10.6. The van der Waals surface area contributed by atoms with Crippen LogP contribution in [0.15, 0.2) is 146 Å². The third-order valence-electron chi connectivity index (χ3n) is 10.2. The van der Waals surface area contributed by atoms with Gasteiger partial charge in [0.1, 0.15) is 0 Å². The summed E-state index contributed by atoms with van der Waals surface area (Å²) >= 11 is 0. The first-order valence-electron chi connectivity index (χ1n) is 16.2. The van der Waals surface area contributed by atoms with Gasteiger partial charge in [0.2, 0.25) is 0 Å². The lowest BCUT2D eigenvalue weighted by atomic mass is 9.80. The summed E-state index contributed by atoms with van der Waals surface area (Å²) in [4.78, 5) is 9.13. The summed E-state index contributed by atoms with van der Waals surface area (Å²) in [5.41, 5.74) is 13.3. The molecule has 3 aromatic heterocycles. The first kappa shape index (κ1) is 26.2. The number of nitrogens with zero attached hydrogens (tertiary/aromatic N) is 4. The molecule has 0 N–H and O–H groups in total. The molecule has 0 atom stereocenters. The van der Waals surface area contributed by atoms with Crippen LogP contribution in [-0.4, -0.2) is 19.1 Å². The van der Waals surface area contributed by atoms with Crippen molar-refractivity contribution in [3.05, 3.63) is 157 Å². The quantitative estimate of drug-likeness (QED) is 0.202. The van der Waals surface area contributed by atoms with E-state index < -0.39 is 0 Å². The summed E-state index contributed by atoms with van der Waals surface area (Å²) in [6, 6.07) is 48.4. The summed E-state index contributed by atoms with van der Waals surface area (Å²) in [7, 11) is 0. The van der Waals surface area contributed by atoms with Crippen molar-refractivity contribution >= 4 is 43.6 Å². The Kier molecular flexibility index (Phi) is 5.31. The minimum atomic E-state index is -0.226. The Morgan fingerprint density at radius 2 is 1.15 bits per heavy atom. The van der Waals surface area contributed by atoms with Crippen LogP contribution in [0.5, 0.6) is 0 Å². The molecule has 0 saturated carbocycles. The number of fused-ring (bicyclic) bond motifs is 10. The van der Waals surface area contributed by atoms with Crippen molar-refractivity contribution in [2.75, 3.05) is 0 Å². The Hall–Kier alpha value is -6.00. The minimum Gasteiger partial charge on any atom is -0.309 e. The average Bonchev–Trinajstić information content (AvgIpc) is 3.71. The van der Waals surface area contributed by atoms with Gasteiger partial charge < -0.3 is 9.13 Å². The van der Waals surface area contributed by atoms with Crippen LogP contribution >= 0.6 is 0 Å². The van der Waals surface area contributed by atoms with E-state index in [1.807, 2.05) is 6.07 Å². The smallest absolute Gasteiger partial charge is 0.159 e. The minimum absolute atomic E-state index is 0.226. The summed E-state index contributed by atoms with van der Waals surface area (Å²) in [5.74, 6) is 0.731. The normalized spacial score (nSPS) is 13.5. The number of para-hydroxylation sites is 3. The van der Waals surface area contributed by atoms with Crippen LogP contribution in [0.1, 0.15) is 25.0 Å². The maximum atomic E-state index is 4.56. The van der Waals surface area contributed by atoms with Gasteiger partial charge in [-0.3, -0.25) is 0 Å². The van der Waals surface area contributed by atoms with Gasteiger partial charge >= 0.3 is 0 Å². The summed E-state index contributed by atoms with van der Waals surface area (Å²) < 4.78 is 4.83. The van der Waals surface area contributed by atoms with E-state index in [9.17, 15) is 0 Å². The number of hydrogen-bond donors (Lipinski definition) is 0. The van der Waals surface area contributed by atoms with Crippen molar-refractivity contribution in [2.45, 2.75) is 19.3 Å². The molecule has 0 spiro atoms. The molecule has 0 bridgehead atoms. The van der Waals surface area contributed by atoms with Gasteiger partial charge in [0.05, 0.1) is 22.1 Å². The fraction of sp³-hybridized carbons (Fsp3) is 0.0698. The van der Waals surface area contributed by atoms with E-state index >= 15 is 0 Å². The van der Waals surface area contributed by atoms with Crippen LogP contribution in [0.2, 0.25) is 0 Å². The molecule has 10 rings (SSSR count). The van der Waals surface area contributed by atoms with Gasteiger partial charge in [0.15, 0.2) is 5.82 Å². The molecule has 47 heavy (non-hydrogen) atoms. The summed E-state index contributed by atoms with van der Waals surface area (Å²) in [5, 5.41) is 5.11. The highest BCUT2D eigenvalue weighted by atomic mass is 15.0. The second kappa shape index (κ2) is 9.51. The fourth-order valence-corrected chi connectivity index (χ4v) is 8.18. The van der Waals surface area contributed by atoms with Gasteiger partial charge in [-0.1, -0.05) is 92.7 Å². The van der Waals surface area contributed by atoms with E-state index in [0.29, 0.717) is 0 Å². The third-order valence-corrected chi connectivity index (χ3v) is 10.2. The van der Waals surface area contributed by atoms with Crippen LogP contribution in [-0.2, 0) is 5.41 Å². The molecular formula is C43H30N4. The summed E-state index contributed by atoms with van der Waals surface area (Å²) in [6.45, 7) is 4.79. The molecular weight excluding hydrogens is 573 g/mol. The molecule has 3 heterocycles. The van der Waals surface area contributed by atoms with Crippen molar-refractivity contribution < 1.29 is 0 Å². The molecule has 0 radical (unpaired) electrons. The second-order valence-corrected chi connectivity index (χ2v) is 13.1. The molecule has 6 aromatic carbocycles. The maximum absolute atomic E-state index is 4.56. The summed E-state index contributed by atoms with van der Waals surface area (Å²) in [6.07, 6.45) is 3.61. The lowest BCUT2D eigenvalue weighted by Gasteiger charge is -2.23. The van der Waals surface area contributed by atoms with E-state index in [1.54, 1.807) is 12.4 Å². The van der Waals surface area contributed by atoms with Gasteiger partial charge in [-0.25, -0.2) is 9.97 Å². The zero-order valence-corrected chi connectivity index (χ0v) is 26.1. The number of hydrogen-bond acceptors (Lipinski definition) is 2. The molecule has 222 valence electrons. The number of rotatable bonds is 3. The highest BCUT2D eigenvalue weighted by molar-refractivity contribution is 6.15. The molecule has 0 fully saturated rings. The van der Waals surface area contributed by atoms with E-state index in [2.05, 4.69) is 160 Å². The Balaban J connectivity index is 1.24. The van der Waals surface area contributed by atoms with Crippen molar-refractivity contribution in [3.63, 3.8) is 0 Å². The van der Waals surface area contributed by atoms with Crippen LogP contribution in [0.25, 0.3) is 77.5 Å². The molecule has 1 aliphatic rings.